The standard InChI is InChI=1S/C20H28N4O/c1-23-18(17-10-5-4-6-11-17)16-22-19(23)20(25)21-12-9-15-24-13-7-2-3-8-14-24/h4-6,10-11,16H,2-3,7-9,12-15H2,1H3,(H,21,25). The summed E-state index contributed by atoms with van der Waals surface area (Å²) in [6, 6.07) is 10.0. The highest BCUT2D eigenvalue weighted by Gasteiger charge is 2.15. The van der Waals surface area contributed by atoms with Gasteiger partial charge in [-0.1, -0.05) is 43.2 Å². The van der Waals surface area contributed by atoms with Gasteiger partial charge in [-0.3, -0.25) is 4.79 Å². The first-order chi connectivity index (χ1) is 12.3. The fraction of sp³-hybridized carbons (Fsp3) is 0.500. The minimum Gasteiger partial charge on any atom is -0.349 e. The molecule has 0 saturated carbocycles. The molecule has 1 amide bonds. The zero-order valence-electron chi connectivity index (χ0n) is 15.1. The van der Waals surface area contributed by atoms with Gasteiger partial charge in [0.15, 0.2) is 5.82 Å². The van der Waals surface area contributed by atoms with Crippen molar-refractivity contribution in [1.29, 1.82) is 0 Å². The Bertz CT molecular complexity index is 672. The first-order valence-corrected chi connectivity index (χ1v) is 9.33. The maximum absolute atomic E-state index is 12.4. The number of hydrogen-bond acceptors (Lipinski definition) is 3. The Balaban J connectivity index is 1.49. The molecule has 2 aromatic rings. The van der Waals surface area contributed by atoms with E-state index in [0.29, 0.717) is 12.4 Å². The van der Waals surface area contributed by atoms with Crippen LogP contribution in [0.3, 0.4) is 0 Å². The molecule has 1 aromatic heterocycles. The molecule has 3 rings (SSSR count). The van der Waals surface area contributed by atoms with E-state index in [1.165, 1.54) is 38.8 Å². The Labute approximate surface area is 150 Å². The van der Waals surface area contributed by atoms with Crippen LogP contribution in [0.2, 0.25) is 0 Å². The van der Waals surface area contributed by atoms with Crippen LogP contribution >= 0.6 is 0 Å². The lowest BCUT2D eigenvalue weighted by Gasteiger charge is -2.19. The predicted octanol–water partition coefficient (Wildman–Crippen LogP) is 3.08. The summed E-state index contributed by atoms with van der Waals surface area (Å²) in [5.74, 6) is 0.370. The van der Waals surface area contributed by atoms with Crippen molar-refractivity contribution in [3.05, 3.63) is 42.4 Å². The third-order valence-corrected chi connectivity index (χ3v) is 4.90. The Morgan fingerprint density at radius 2 is 1.84 bits per heavy atom. The Kier molecular flexibility index (Phi) is 6.23. The molecule has 134 valence electrons. The van der Waals surface area contributed by atoms with Gasteiger partial charge in [-0.05, 0) is 44.5 Å². The molecule has 2 heterocycles. The molecule has 1 aromatic carbocycles. The number of rotatable bonds is 6. The molecule has 1 N–H and O–H groups in total. The van der Waals surface area contributed by atoms with Crippen LogP contribution in [0.15, 0.2) is 36.5 Å². The topological polar surface area (TPSA) is 50.2 Å². The molecular formula is C20H28N4O. The number of amides is 1. The van der Waals surface area contributed by atoms with Gasteiger partial charge in [0.05, 0.1) is 11.9 Å². The highest BCUT2D eigenvalue weighted by Crippen LogP contribution is 2.19. The monoisotopic (exact) mass is 340 g/mol. The second kappa shape index (κ2) is 8.81. The fourth-order valence-corrected chi connectivity index (χ4v) is 3.44. The summed E-state index contributed by atoms with van der Waals surface area (Å²) < 4.78 is 1.86. The zero-order chi connectivity index (χ0) is 17.5. The van der Waals surface area contributed by atoms with Gasteiger partial charge >= 0.3 is 0 Å². The number of carbonyl (C=O) groups is 1. The second-order valence-corrected chi connectivity index (χ2v) is 6.76. The van der Waals surface area contributed by atoms with Crippen LogP contribution in [-0.2, 0) is 7.05 Å². The summed E-state index contributed by atoms with van der Waals surface area (Å²) in [4.78, 5) is 19.2. The van der Waals surface area contributed by atoms with Gasteiger partial charge in [0.25, 0.3) is 5.91 Å². The summed E-state index contributed by atoms with van der Waals surface area (Å²) in [5, 5.41) is 3.01. The normalized spacial score (nSPS) is 15.7. The number of likely N-dealkylation sites (tertiary alicyclic amines) is 1. The van der Waals surface area contributed by atoms with Gasteiger partial charge in [0.2, 0.25) is 0 Å². The number of imidazole rings is 1. The number of carbonyl (C=O) groups excluding carboxylic acids is 1. The first-order valence-electron chi connectivity index (χ1n) is 9.33. The highest BCUT2D eigenvalue weighted by molar-refractivity contribution is 5.91. The molecule has 1 aliphatic heterocycles. The molecule has 25 heavy (non-hydrogen) atoms. The van der Waals surface area contributed by atoms with Crippen LogP contribution < -0.4 is 5.32 Å². The van der Waals surface area contributed by atoms with Gasteiger partial charge in [0, 0.05) is 13.6 Å². The van der Waals surface area contributed by atoms with E-state index in [4.69, 9.17) is 0 Å². The van der Waals surface area contributed by atoms with Gasteiger partial charge in [-0.15, -0.1) is 0 Å². The summed E-state index contributed by atoms with van der Waals surface area (Å²) in [7, 11) is 1.89. The number of hydrogen-bond donors (Lipinski definition) is 1. The molecule has 0 spiro atoms. The van der Waals surface area contributed by atoms with Gasteiger partial charge in [-0.2, -0.15) is 0 Å². The van der Waals surface area contributed by atoms with Crippen LogP contribution in [0.25, 0.3) is 11.3 Å². The van der Waals surface area contributed by atoms with E-state index >= 15 is 0 Å². The first kappa shape index (κ1) is 17.7. The van der Waals surface area contributed by atoms with E-state index < -0.39 is 0 Å². The highest BCUT2D eigenvalue weighted by atomic mass is 16.2. The van der Waals surface area contributed by atoms with Crippen molar-refractivity contribution < 1.29 is 4.79 Å². The molecule has 0 radical (unpaired) electrons. The minimum atomic E-state index is -0.0967. The SMILES string of the molecule is Cn1c(-c2ccccc2)cnc1C(=O)NCCCN1CCCCCC1. The van der Waals surface area contributed by atoms with Crippen LogP contribution in [0.5, 0.6) is 0 Å². The molecule has 0 unspecified atom stereocenters. The van der Waals surface area contributed by atoms with E-state index in [9.17, 15) is 4.79 Å². The lowest BCUT2D eigenvalue weighted by Crippen LogP contribution is -2.31. The van der Waals surface area contributed by atoms with Crippen molar-refractivity contribution in [1.82, 2.24) is 19.8 Å². The van der Waals surface area contributed by atoms with Crippen molar-refractivity contribution in [3.8, 4) is 11.3 Å². The van der Waals surface area contributed by atoms with Gasteiger partial charge in [0.1, 0.15) is 0 Å². The minimum absolute atomic E-state index is 0.0967. The molecule has 0 atom stereocenters. The molecule has 5 nitrogen and oxygen atoms in total. The van der Waals surface area contributed by atoms with Crippen LogP contribution in [0, 0.1) is 0 Å². The van der Waals surface area contributed by atoms with Crippen molar-refractivity contribution in [3.63, 3.8) is 0 Å². The largest absolute Gasteiger partial charge is 0.349 e. The van der Waals surface area contributed by atoms with Crippen molar-refractivity contribution in [2.45, 2.75) is 32.1 Å². The predicted molar refractivity (Wildman–Crippen MR) is 101 cm³/mol. The molecule has 0 bridgehead atoms. The van der Waals surface area contributed by atoms with Crippen LogP contribution in [-0.4, -0.2) is 46.5 Å². The second-order valence-electron chi connectivity index (χ2n) is 6.76. The van der Waals surface area contributed by atoms with Gasteiger partial charge in [-0.25, -0.2) is 4.98 Å². The molecule has 0 aliphatic carbocycles. The smallest absolute Gasteiger partial charge is 0.287 e. The van der Waals surface area contributed by atoms with E-state index in [0.717, 1.165) is 24.2 Å². The lowest BCUT2D eigenvalue weighted by atomic mass is 10.2. The van der Waals surface area contributed by atoms with Crippen molar-refractivity contribution in [2.75, 3.05) is 26.2 Å². The Morgan fingerprint density at radius 3 is 2.56 bits per heavy atom. The van der Waals surface area contributed by atoms with Crippen molar-refractivity contribution >= 4 is 5.91 Å². The lowest BCUT2D eigenvalue weighted by molar-refractivity contribution is 0.0938. The van der Waals surface area contributed by atoms with Gasteiger partial charge < -0.3 is 14.8 Å². The number of aromatic nitrogens is 2. The molecule has 1 saturated heterocycles. The number of benzene rings is 1. The molecule has 5 heteroatoms. The van der Waals surface area contributed by atoms with E-state index in [2.05, 4.69) is 15.2 Å². The summed E-state index contributed by atoms with van der Waals surface area (Å²) in [6.07, 6.45) is 8.08. The van der Waals surface area contributed by atoms with Crippen LogP contribution in [0.1, 0.15) is 42.7 Å². The Morgan fingerprint density at radius 1 is 1.12 bits per heavy atom. The summed E-state index contributed by atoms with van der Waals surface area (Å²) >= 11 is 0. The maximum Gasteiger partial charge on any atom is 0.287 e. The summed E-state index contributed by atoms with van der Waals surface area (Å²) in [6.45, 7) is 4.17. The third kappa shape index (κ3) is 4.69. The van der Waals surface area contributed by atoms with Crippen molar-refractivity contribution in [2.24, 2.45) is 7.05 Å². The fourth-order valence-electron chi connectivity index (χ4n) is 3.44. The average Bonchev–Trinajstić information content (AvgIpc) is 2.84. The molecule has 1 fully saturated rings. The average molecular weight is 340 g/mol. The summed E-state index contributed by atoms with van der Waals surface area (Å²) in [5.41, 5.74) is 2.02. The number of nitrogens with one attached hydrogen (secondary N) is 1. The third-order valence-electron chi connectivity index (χ3n) is 4.90. The zero-order valence-corrected chi connectivity index (χ0v) is 15.1. The van der Waals surface area contributed by atoms with E-state index in [1.54, 1.807) is 6.20 Å². The van der Waals surface area contributed by atoms with E-state index in [-0.39, 0.29) is 5.91 Å². The Hall–Kier alpha value is -2.14. The van der Waals surface area contributed by atoms with Crippen LogP contribution in [0.4, 0.5) is 0 Å². The molecular weight excluding hydrogens is 312 g/mol. The molecule has 1 aliphatic rings. The van der Waals surface area contributed by atoms with E-state index in [1.807, 2.05) is 41.9 Å². The quantitative estimate of drug-likeness (QED) is 0.822. The number of nitrogens with zero attached hydrogens (tertiary/aromatic N) is 3. The maximum atomic E-state index is 12.4.